The molecule has 0 radical (unpaired) electrons. The van der Waals surface area contributed by atoms with E-state index in [1.54, 1.807) is 4.90 Å². The maximum Gasteiger partial charge on any atom is 0.430 e. The topological polar surface area (TPSA) is 52.6 Å². The van der Waals surface area contributed by atoms with Crippen molar-refractivity contribution in [3.63, 3.8) is 0 Å². The second-order valence-electron chi connectivity index (χ2n) is 10.2. The minimum Gasteiger partial charge on any atom is -0.369 e. The van der Waals surface area contributed by atoms with Crippen molar-refractivity contribution in [2.75, 3.05) is 13.1 Å². The van der Waals surface area contributed by atoms with Gasteiger partial charge in [-0.3, -0.25) is 0 Å². The number of aliphatic hydroxyl groups is 1. The van der Waals surface area contributed by atoms with Gasteiger partial charge in [0.25, 0.3) is 5.60 Å². The second kappa shape index (κ2) is 8.72. The second-order valence-corrected chi connectivity index (χ2v) is 10.2. The van der Waals surface area contributed by atoms with E-state index < -0.39 is 34.5 Å². The van der Waals surface area contributed by atoms with Crippen LogP contribution in [0.5, 0.6) is 0 Å². The lowest BCUT2D eigenvalue weighted by Gasteiger charge is -2.34. The van der Waals surface area contributed by atoms with Crippen molar-refractivity contribution in [1.82, 2.24) is 10.2 Å². The molecular weight excluding hydrogens is 474 g/mol. The van der Waals surface area contributed by atoms with Crippen LogP contribution in [0.25, 0.3) is 0 Å². The SMILES string of the molecule is CC(C)(C)NC(=O)N1C[C@H](c2ccccc2)[C@](C)(c2ccc(C(O)(C(F)(F)F)C(F)(F)F)cc2)C1. The number of carbonyl (C=O) groups excluding carboxylic acids is 1. The van der Waals surface area contributed by atoms with Gasteiger partial charge in [-0.2, -0.15) is 26.3 Å². The first-order chi connectivity index (χ1) is 15.9. The molecule has 1 heterocycles. The van der Waals surface area contributed by atoms with Gasteiger partial charge in [0.1, 0.15) is 0 Å². The maximum atomic E-state index is 13.3. The van der Waals surface area contributed by atoms with Crippen LogP contribution in [-0.4, -0.2) is 47.0 Å². The van der Waals surface area contributed by atoms with Crippen LogP contribution in [0.2, 0.25) is 0 Å². The molecule has 2 atom stereocenters. The van der Waals surface area contributed by atoms with Gasteiger partial charge in [0.15, 0.2) is 0 Å². The number of halogens is 6. The summed E-state index contributed by atoms with van der Waals surface area (Å²) in [6, 6.07) is 12.5. The Morgan fingerprint density at radius 3 is 1.91 bits per heavy atom. The number of hydrogen-bond donors (Lipinski definition) is 2. The highest BCUT2D eigenvalue weighted by atomic mass is 19.4. The van der Waals surface area contributed by atoms with Crippen LogP contribution in [-0.2, 0) is 11.0 Å². The quantitative estimate of drug-likeness (QED) is 0.517. The molecular formula is C25H28F6N2O2. The minimum atomic E-state index is -5.96. The summed E-state index contributed by atoms with van der Waals surface area (Å²) in [4.78, 5) is 14.5. The first kappa shape index (κ1) is 26.8. The zero-order chi connectivity index (χ0) is 26.4. The highest BCUT2D eigenvalue weighted by Crippen LogP contribution is 2.51. The van der Waals surface area contributed by atoms with Gasteiger partial charge in [-0.25, -0.2) is 4.79 Å². The number of urea groups is 1. The van der Waals surface area contributed by atoms with Crippen molar-refractivity contribution in [2.45, 2.75) is 62.5 Å². The van der Waals surface area contributed by atoms with Crippen molar-refractivity contribution in [2.24, 2.45) is 0 Å². The molecule has 3 rings (SSSR count). The molecule has 2 N–H and O–H groups in total. The highest BCUT2D eigenvalue weighted by molar-refractivity contribution is 5.76. The van der Waals surface area contributed by atoms with Gasteiger partial charge in [0, 0.05) is 35.5 Å². The minimum absolute atomic E-state index is 0.191. The van der Waals surface area contributed by atoms with Crippen LogP contribution in [0.1, 0.15) is 50.3 Å². The molecule has 0 aliphatic carbocycles. The average Bonchev–Trinajstić information content (AvgIpc) is 3.10. The zero-order valence-corrected chi connectivity index (χ0v) is 19.8. The molecule has 2 aromatic rings. The Morgan fingerprint density at radius 2 is 1.46 bits per heavy atom. The predicted molar refractivity (Wildman–Crippen MR) is 119 cm³/mol. The van der Waals surface area contributed by atoms with E-state index in [0.717, 1.165) is 5.56 Å². The largest absolute Gasteiger partial charge is 0.430 e. The van der Waals surface area contributed by atoms with Gasteiger partial charge in [0.05, 0.1) is 0 Å². The third kappa shape index (κ3) is 4.98. The van der Waals surface area contributed by atoms with E-state index in [1.165, 1.54) is 12.1 Å². The van der Waals surface area contributed by atoms with Crippen molar-refractivity contribution < 1.29 is 36.2 Å². The molecule has 0 saturated carbocycles. The van der Waals surface area contributed by atoms with Crippen molar-refractivity contribution >= 4 is 6.03 Å². The maximum absolute atomic E-state index is 13.3. The van der Waals surface area contributed by atoms with Gasteiger partial charge >= 0.3 is 18.4 Å². The number of alkyl halides is 6. The van der Waals surface area contributed by atoms with E-state index in [1.807, 2.05) is 58.0 Å². The number of likely N-dealkylation sites (tertiary alicyclic amines) is 1. The molecule has 0 spiro atoms. The molecule has 1 aliphatic heterocycles. The Kier molecular flexibility index (Phi) is 6.69. The summed E-state index contributed by atoms with van der Waals surface area (Å²) in [7, 11) is 0. The number of benzene rings is 2. The monoisotopic (exact) mass is 502 g/mol. The standard InChI is InChI=1S/C25H28F6N2O2/c1-21(2,3)32-20(34)33-14-19(16-8-6-5-7-9-16)22(4,15-33)17-10-12-18(13-11-17)23(35,24(26,27)28)25(29,30)31/h5-13,19,35H,14-15H2,1-4H3,(H,32,34)/t19-,22+/m1/s1. The molecule has 0 aromatic heterocycles. The number of rotatable bonds is 3. The molecule has 1 saturated heterocycles. The summed E-state index contributed by atoms with van der Waals surface area (Å²) in [5, 5.41) is 12.6. The smallest absolute Gasteiger partial charge is 0.369 e. The Bertz CT molecular complexity index is 1030. The lowest BCUT2D eigenvalue weighted by atomic mass is 9.71. The molecule has 0 bridgehead atoms. The van der Waals surface area contributed by atoms with Crippen LogP contribution in [0.3, 0.4) is 0 Å². The van der Waals surface area contributed by atoms with Gasteiger partial charge in [-0.15, -0.1) is 0 Å². The summed E-state index contributed by atoms with van der Waals surface area (Å²) >= 11 is 0. The summed E-state index contributed by atoms with van der Waals surface area (Å²) in [6.07, 6.45) is -11.9. The van der Waals surface area contributed by atoms with E-state index in [0.29, 0.717) is 24.2 Å². The number of amides is 2. The molecule has 192 valence electrons. The third-order valence-corrected chi connectivity index (χ3v) is 6.45. The van der Waals surface area contributed by atoms with Crippen LogP contribution >= 0.6 is 0 Å². The van der Waals surface area contributed by atoms with Gasteiger partial charge in [-0.1, -0.05) is 61.5 Å². The summed E-state index contributed by atoms with van der Waals surface area (Å²) < 4.78 is 79.8. The number of nitrogens with one attached hydrogen (secondary N) is 1. The van der Waals surface area contributed by atoms with Gasteiger partial charge < -0.3 is 15.3 Å². The Balaban J connectivity index is 2.04. The van der Waals surface area contributed by atoms with E-state index in [2.05, 4.69) is 5.32 Å². The molecule has 2 amide bonds. The molecule has 0 unspecified atom stereocenters. The van der Waals surface area contributed by atoms with Gasteiger partial charge in [0.2, 0.25) is 0 Å². The Hall–Kier alpha value is -2.75. The molecule has 4 nitrogen and oxygen atoms in total. The van der Waals surface area contributed by atoms with E-state index >= 15 is 0 Å². The first-order valence-corrected chi connectivity index (χ1v) is 11.0. The molecule has 1 aliphatic rings. The van der Waals surface area contributed by atoms with Crippen LogP contribution in [0.4, 0.5) is 31.1 Å². The number of hydrogen-bond acceptors (Lipinski definition) is 2. The molecule has 10 heteroatoms. The lowest BCUT2D eigenvalue weighted by molar-refractivity contribution is -0.376. The van der Waals surface area contributed by atoms with Crippen LogP contribution in [0.15, 0.2) is 54.6 Å². The zero-order valence-electron chi connectivity index (χ0n) is 19.8. The lowest BCUT2D eigenvalue weighted by Crippen LogP contribution is -2.53. The normalized spacial score (nSPS) is 21.8. The van der Waals surface area contributed by atoms with Crippen molar-refractivity contribution in [3.05, 3.63) is 71.3 Å². The number of carbonyl (C=O) groups is 1. The highest BCUT2D eigenvalue weighted by Gasteiger charge is 2.71. The molecule has 1 fully saturated rings. The first-order valence-electron chi connectivity index (χ1n) is 11.0. The fourth-order valence-corrected chi connectivity index (χ4v) is 4.58. The molecule has 2 aromatic carbocycles. The predicted octanol–water partition coefficient (Wildman–Crippen LogP) is 5.86. The van der Waals surface area contributed by atoms with E-state index in [9.17, 15) is 36.2 Å². The van der Waals surface area contributed by atoms with Gasteiger partial charge in [-0.05, 0) is 31.9 Å². The van der Waals surface area contributed by atoms with Crippen LogP contribution < -0.4 is 5.32 Å². The summed E-state index contributed by atoms with van der Waals surface area (Å²) in [5.41, 5.74) is -6.29. The van der Waals surface area contributed by atoms with Crippen molar-refractivity contribution in [3.8, 4) is 0 Å². The fraction of sp³-hybridized carbons (Fsp3) is 0.480. The van der Waals surface area contributed by atoms with E-state index in [4.69, 9.17) is 0 Å². The van der Waals surface area contributed by atoms with E-state index in [-0.39, 0.29) is 18.5 Å². The average molecular weight is 502 g/mol. The summed E-state index contributed by atoms with van der Waals surface area (Å²) in [6.45, 7) is 7.81. The third-order valence-electron chi connectivity index (χ3n) is 6.45. The van der Waals surface area contributed by atoms with Crippen molar-refractivity contribution in [1.29, 1.82) is 0 Å². The Morgan fingerprint density at radius 1 is 0.943 bits per heavy atom. The Labute approximate surface area is 199 Å². The van der Waals surface area contributed by atoms with Crippen LogP contribution in [0, 0.1) is 0 Å². The fourth-order valence-electron chi connectivity index (χ4n) is 4.58. The molecule has 35 heavy (non-hydrogen) atoms. The number of nitrogens with zero attached hydrogens (tertiary/aromatic N) is 1. The summed E-state index contributed by atoms with van der Waals surface area (Å²) in [5.74, 6) is -0.274.